The first-order chi connectivity index (χ1) is 19.3. The van der Waals surface area contributed by atoms with Crippen molar-refractivity contribution in [3.8, 4) is 0 Å². The van der Waals surface area contributed by atoms with Crippen molar-refractivity contribution in [2.45, 2.75) is 175 Å². The van der Waals surface area contributed by atoms with Crippen LogP contribution >= 0.6 is 11.8 Å². The Hall–Kier alpha value is 0.447. The Morgan fingerprint density at radius 3 is 2.10 bits per heavy atom. The smallest absolute Gasteiger partial charge is 0.192 e. The van der Waals surface area contributed by atoms with Crippen molar-refractivity contribution in [1.82, 2.24) is 0 Å². The number of rotatable bonds is 8. The van der Waals surface area contributed by atoms with Gasteiger partial charge < -0.3 is 13.9 Å². The number of hydrogen-bond acceptors (Lipinski definition) is 4. The molecule has 0 N–H and O–H groups in total. The molecule has 1 heterocycles. The van der Waals surface area contributed by atoms with Crippen molar-refractivity contribution in [3.05, 3.63) is 0 Å². The monoisotopic (exact) mass is 620 g/mol. The summed E-state index contributed by atoms with van der Waals surface area (Å²) in [6.45, 7) is 31.5. The maximum atomic E-state index is 7.10. The maximum absolute atomic E-state index is 7.10. The molecule has 0 aromatic carbocycles. The Bertz CT molecular complexity index is 959. The molecule has 0 bridgehead atoms. The van der Waals surface area contributed by atoms with Crippen LogP contribution in [0.1, 0.15) is 128 Å². The van der Waals surface area contributed by atoms with Crippen molar-refractivity contribution < 1.29 is 13.9 Å². The molecule has 0 radical (unpaired) electrons. The van der Waals surface area contributed by atoms with Crippen LogP contribution < -0.4 is 0 Å². The van der Waals surface area contributed by atoms with E-state index in [-0.39, 0.29) is 17.2 Å². The number of fused-ring (bicyclic) bond motifs is 8. The average molecular weight is 621 g/mol. The first-order valence-electron chi connectivity index (χ1n) is 18.0. The normalized spacial score (nSPS) is 44.7. The number of ether oxygens (including phenoxy) is 2. The van der Waals surface area contributed by atoms with Crippen molar-refractivity contribution in [2.24, 2.45) is 52.3 Å². The molecule has 0 aromatic rings. The summed E-state index contributed by atoms with van der Waals surface area (Å²) in [5, 5.41) is 0.990. The summed E-state index contributed by atoms with van der Waals surface area (Å²) < 4.78 is 21.1. The molecule has 1 saturated heterocycles. The molecule has 244 valence electrons. The minimum absolute atomic E-state index is 0.210. The molecular formula is C37H68O3SSi. The Balaban J connectivity index is 1.38. The lowest BCUT2D eigenvalue weighted by atomic mass is 9.43. The number of hydrogen-bond donors (Lipinski definition) is 0. The van der Waals surface area contributed by atoms with Gasteiger partial charge in [0.15, 0.2) is 14.1 Å². The maximum Gasteiger partial charge on any atom is 0.192 e. The van der Waals surface area contributed by atoms with Crippen LogP contribution in [0.25, 0.3) is 0 Å². The van der Waals surface area contributed by atoms with Gasteiger partial charge in [-0.25, -0.2) is 0 Å². The zero-order valence-electron chi connectivity index (χ0n) is 29.8. The van der Waals surface area contributed by atoms with Gasteiger partial charge in [-0.1, -0.05) is 68.7 Å². The van der Waals surface area contributed by atoms with Gasteiger partial charge in [-0.2, -0.15) is 11.8 Å². The molecule has 5 heteroatoms. The Kier molecular flexibility index (Phi) is 9.34. The molecule has 3 nitrogen and oxygen atoms in total. The predicted octanol–water partition coefficient (Wildman–Crippen LogP) is 10.6. The van der Waals surface area contributed by atoms with Crippen LogP contribution in [0.15, 0.2) is 0 Å². The highest BCUT2D eigenvalue weighted by Crippen LogP contribution is 2.70. The second-order valence-corrected chi connectivity index (χ2v) is 24.6. The lowest BCUT2D eigenvalue weighted by Crippen LogP contribution is -2.64. The van der Waals surface area contributed by atoms with E-state index in [0.29, 0.717) is 28.8 Å². The van der Waals surface area contributed by atoms with Gasteiger partial charge in [0, 0.05) is 11.4 Å². The summed E-state index contributed by atoms with van der Waals surface area (Å²) in [5.41, 5.74) is 0.758. The van der Waals surface area contributed by atoms with E-state index in [1.54, 1.807) is 0 Å². The average Bonchev–Trinajstić information content (AvgIpc) is 3.39. The van der Waals surface area contributed by atoms with Crippen LogP contribution in [0.5, 0.6) is 0 Å². The number of thioether (sulfide) groups is 1. The Morgan fingerprint density at radius 2 is 1.48 bits per heavy atom. The quantitative estimate of drug-likeness (QED) is 0.252. The van der Waals surface area contributed by atoms with Crippen molar-refractivity contribution >= 4 is 20.1 Å². The molecule has 4 aliphatic carbocycles. The van der Waals surface area contributed by atoms with Crippen LogP contribution in [-0.2, 0) is 13.9 Å². The van der Waals surface area contributed by atoms with Crippen LogP contribution in [0.4, 0.5) is 0 Å². The Labute approximate surface area is 266 Å². The van der Waals surface area contributed by atoms with Gasteiger partial charge in [-0.3, -0.25) is 0 Å². The van der Waals surface area contributed by atoms with E-state index < -0.39 is 14.1 Å². The lowest BCUT2D eigenvalue weighted by molar-refractivity contribution is -0.188. The first-order valence-corrected chi connectivity index (χ1v) is 22.0. The highest BCUT2D eigenvalue weighted by Gasteiger charge is 2.69. The molecule has 42 heavy (non-hydrogen) atoms. The molecule has 1 aliphatic heterocycles. The summed E-state index contributed by atoms with van der Waals surface area (Å²) in [6, 6.07) is 0. The topological polar surface area (TPSA) is 27.7 Å². The van der Waals surface area contributed by atoms with E-state index in [1.165, 1.54) is 50.7 Å². The van der Waals surface area contributed by atoms with Gasteiger partial charge in [0.1, 0.15) is 0 Å². The fraction of sp³-hybridized carbons (Fsp3) is 1.00. The second kappa shape index (κ2) is 11.6. The van der Waals surface area contributed by atoms with E-state index in [9.17, 15) is 0 Å². The van der Waals surface area contributed by atoms with Crippen LogP contribution in [0.3, 0.4) is 0 Å². The molecule has 12 atom stereocenters. The second-order valence-electron chi connectivity index (χ2n) is 18.4. The molecule has 0 aromatic heterocycles. The fourth-order valence-electron chi connectivity index (χ4n) is 10.8. The van der Waals surface area contributed by atoms with Gasteiger partial charge in [-0.05, 0) is 135 Å². The molecule has 5 aliphatic rings. The lowest BCUT2D eigenvalue weighted by Gasteiger charge is -2.64. The van der Waals surface area contributed by atoms with Gasteiger partial charge in [0.05, 0.1) is 12.2 Å². The highest BCUT2D eigenvalue weighted by atomic mass is 32.2. The summed E-state index contributed by atoms with van der Waals surface area (Å²) >= 11 is 2.29. The largest absolute Gasteiger partial charge is 0.414 e. The third kappa shape index (κ3) is 5.77. The molecule has 0 amide bonds. The van der Waals surface area contributed by atoms with Gasteiger partial charge in [0.25, 0.3) is 0 Å². The molecule has 1 unspecified atom stereocenters. The van der Waals surface area contributed by atoms with Crippen molar-refractivity contribution in [3.63, 3.8) is 0 Å². The third-order valence-electron chi connectivity index (χ3n) is 14.4. The van der Waals surface area contributed by atoms with E-state index in [4.69, 9.17) is 13.9 Å². The van der Waals surface area contributed by atoms with Gasteiger partial charge in [0.2, 0.25) is 0 Å². The fourth-order valence-corrected chi connectivity index (χ4v) is 14.1. The van der Waals surface area contributed by atoms with Gasteiger partial charge >= 0.3 is 0 Å². The Morgan fingerprint density at radius 1 is 0.857 bits per heavy atom. The molecular weight excluding hydrogens is 553 g/mol. The summed E-state index contributed by atoms with van der Waals surface area (Å²) in [7, 11) is -1.81. The zero-order valence-corrected chi connectivity index (χ0v) is 31.7. The summed E-state index contributed by atoms with van der Waals surface area (Å²) in [5.74, 6) is 5.98. The van der Waals surface area contributed by atoms with E-state index in [2.05, 4.69) is 101 Å². The molecule has 5 rings (SSSR count). The first kappa shape index (κ1) is 33.8. The molecule has 4 saturated carbocycles. The van der Waals surface area contributed by atoms with Crippen molar-refractivity contribution in [1.29, 1.82) is 0 Å². The summed E-state index contributed by atoms with van der Waals surface area (Å²) in [4.78, 5) is 0. The van der Waals surface area contributed by atoms with Crippen molar-refractivity contribution in [2.75, 3.05) is 5.75 Å². The predicted molar refractivity (Wildman–Crippen MR) is 182 cm³/mol. The van der Waals surface area contributed by atoms with Crippen LogP contribution in [-0.4, -0.2) is 43.4 Å². The minimum atomic E-state index is -1.81. The standard InChI is InChI=1S/C37H68O3SSi/c1-14-25(23(2)3)22-41-24(4)27-15-16-28-31-29(18-20-36(27,28)10)37(11)19-17-26(40-42(12,13)34(5,6)7)21-30(37)32-33(31)39-35(8,9)38-32/h23-33H,14-22H2,1-13H3/t24-,25+,26?,27+,28-,29-,30+,31-,32+,33+,36+,37+/m0/s1. The van der Waals surface area contributed by atoms with E-state index in [0.717, 1.165) is 41.3 Å². The molecule has 5 fully saturated rings. The van der Waals surface area contributed by atoms with E-state index in [1.807, 2.05) is 0 Å². The highest BCUT2D eigenvalue weighted by molar-refractivity contribution is 7.99. The van der Waals surface area contributed by atoms with Gasteiger partial charge in [-0.15, -0.1) is 0 Å². The van der Waals surface area contributed by atoms with Crippen LogP contribution in [0, 0.1) is 52.3 Å². The summed E-state index contributed by atoms with van der Waals surface area (Å²) in [6.07, 6.45) is 11.4. The molecule has 0 spiro atoms. The van der Waals surface area contributed by atoms with E-state index >= 15 is 0 Å². The van der Waals surface area contributed by atoms with Crippen LogP contribution in [0.2, 0.25) is 18.1 Å². The minimum Gasteiger partial charge on any atom is -0.414 e. The zero-order chi connectivity index (χ0) is 31.0. The SMILES string of the molecule is CC[C@H](CS[C@@H](C)[C@H]1CC[C@H]2[C@@H]3[C@H]4OC(C)(C)O[C@@H]4[C@H]4CC(O[Si](C)(C)C(C)(C)C)CC[C@]4(C)[C@H]3CC[C@]12C)C(C)C. The third-order valence-corrected chi connectivity index (χ3v) is 20.4.